The number of aryl methyl sites for hydroxylation is 2. The van der Waals surface area contributed by atoms with E-state index in [1.54, 1.807) is 0 Å². The number of hydrogen-bond donors (Lipinski definition) is 0. The highest BCUT2D eigenvalue weighted by Crippen LogP contribution is 2.50. The highest BCUT2D eigenvalue weighted by molar-refractivity contribution is 6.89. The molecule has 0 bridgehead atoms. The topological polar surface area (TPSA) is 11.4 Å². The van der Waals surface area contributed by atoms with Crippen molar-refractivity contribution in [2.24, 2.45) is 0 Å². The van der Waals surface area contributed by atoms with Crippen LogP contribution in [0.3, 0.4) is 0 Å². The van der Waals surface area contributed by atoms with E-state index in [-0.39, 0.29) is 0 Å². The zero-order valence-corrected chi connectivity index (χ0v) is 43.0. The van der Waals surface area contributed by atoms with E-state index in [0.29, 0.717) is 0 Å². The van der Waals surface area contributed by atoms with Crippen LogP contribution in [0.15, 0.2) is 212 Å². The average molecular weight is 926 g/mol. The maximum Gasteiger partial charge on any atom is 0.0775 e. The first-order chi connectivity index (χ1) is 33.3. The van der Waals surface area contributed by atoms with Gasteiger partial charge in [-0.05, 0) is 109 Å². The maximum absolute atomic E-state index is 2.55. The molecule has 5 heteroatoms. The third-order valence-electron chi connectivity index (χ3n) is 14.0. The molecule has 0 atom stereocenters. The molecule has 0 spiro atoms. The molecule has 0 N–H and O–H groups in total. The Bertz CT molecular complexity index is 3470. The van der Waals surface area contributed by atoms with E-state index in [9.17, 15) is 0 Å². The number of aromatic nitrogens is 1. The summed E-state index contributed by atoms with van der Waals surface area (Å²) in [4.78, 5) is 4.95. The molecule has 3 nitrogen and oxygen atoms in total. The molecule has 11 aromatic rings. The molecular formula is C64H59N3Si2. The van der Waals surface area contributed by atoms with E-state index in [1.807, 2.05) is 0 Å². The van der Waals surface area contributed by atoms with Gasteiger partial charge in [-0.1, -0.05) is 200 Å². The second kappa shape index (κ2) is 17.3. The monoisotopic (exact) mass is 925 g/mol. The number of rotatable bonds is 10. The highest BCUT2D eigenvalue weighted by Gasteiger charge is 2.27. The standard InChI is InChI=1S/C64H59N3Si2/c1-44-25-29-48(30-26-44)65(50-33-37-53(38-34-50)68(3,4)5)59-42-61-63(57-23-14-12-21-55(57)59)64-58-24-15-13-22-56(58)60(43-62(64)67(61)52-20-16-19-47(41-52)46-17-10-9-11-18-46)66(49-31-27-45(2)28-32-49)51-35-39-54(40-36-51)69(6,7)8/h9-43H,1-8H3. The predicted molar refractivity (Wildman–Crippen MR) is 306 cm³/mol. The fraction of sp³-hybridized carbons (Fsp3) is 0.125. The largest absolute Gasteiger partial charge is 0.310 e. The summed E-state index contributed by atoms with van der Waals surface area (Å²) in [5.74, 6) is 0. The molecule has 0 fully saturated rings. The molecule has 1 aromatic heterocycles. The fourth-order valence-corrected chi connectivity index (χ4v) is 12.6. The second-order valence-electron chi connectivity index (χ2n) is 20.9. The van der Waals surface area contributed by atoms with Crippen molar-refractivity contribution in [2.45, 2.75) is 53.1 Å². The van der Waals surface area contributed by atoms with Crippen LogP contribution >= 0.6 is 0 Å². The maximum atomic E-state index is 2.55. The first kappa shape index (κ1) is 44.1. The SMILES string of the molecule is Cc1ccc(N(c2ccc([Si](C)(C)C)cc2)c2cc3c(c4ccccc24)c2c4ccccc4c(N(c4ccc(C)cc4)c4ccc([Si](C)(C)C)cc4)cc2n3-c2cccc(-c3ccccc3)c2)cc1. The van der Waals surface area contributed by atoms with Crippen LogP contribution in [-0.4, -0.2) is 20.7 Å². The first-order valence-electron chi connectivity index (χ1n) is 24.3. The van der Waals surface area contributed by atoms with E-state index >= 15 is 0 Å². The lowest BCUT2D eigenvalue weighted by Crippen LogP contribution is -2.37. The van der Waals surface area contributed by atoms with E-state index in [1.165, 1.54) is 64.9 Å². The lowest BCUT2D eigenvalue weighted by molar-refractivity contribution is 1.18. The minimum absolute atomic E-state index is 1.11. The van der Waals surface area contributed by atoms with Gasteiger partial charge < -0.3 is 14.4 Å². The zero-order valence-electron chi connectivity index (χ0n) is 41.0. The normalized spacial score (nSPS) is 12.1. The molecule has 69 heavy (non-hydrogen) atoms. The zero-order chi connectivity index (χ0) is 47.6. The van der Waals surface area contributed by atoms with Gasteiger partial charge in [-0.25, -0.2) is 0 Å². The van der Waals surface area contributed by atoms with E-state index < -0.39 is 16.1 Å². The molecule has 11 rings (SSSR count). The van der Waals surface area contributed by atoms with Gasteiger partial charge in [0.1, 0.15) is 0 Å². The first-order valence-corrected chi connectivity index (χ1v) is 31.3. The number of fused-ring (bicyclic) bond motifs is 7. The third kappa shape index (κ3) is 8.05. The van der Waals surface area contributed by atoms with Crippen LogP contribution in [0.1, 0.15) is 11.1 Å². The molecule has 0 aliphatic rings. The summed E-state index contributed by atoms with van der Waals surface area (Å²) in [7, 11) is -3.09. The number of benzene rings is 10. The second-order valence-corrected chi connectivity index (χ2v) is 31.0. The summed E-state index contributed by atoms with van der Waals surface area (Å²) >= 11 is 0. The minimum Gasteiger partial charge on any atom is -0.310 e. The fourth-order valence-electron chi connectivity index (χ4n) is 10.3. The lowest BCUT2D eigenvalue weighted by Gasteiger charge is -2.28. The van der Waals surface area contributed by atoms with Gasteiger partial charge in [0.15, 0.2) is 0 Å². The van der Waals surface area contributed by atoms with Crippen molar-refractivity contribution in [3.8, 4) is 16.8 Å². The van der Waals surface area contributed by atoms with Gasteiger partial charge >= 0.3 is 0 Å². The van der Waals surface area contributed by atoms with Crippen molar-refractivity contribution in [1.29, 1.82) is 0 Å². The van der Waals surface area contributed by atoms with Crippen molar-refractivity contribution in [3.05, 3.63) is 223 Å². The molecule has 0 aliphatic carbocycles. The molecule has 0 radical (unpaired) electrons. The van der Waals surface area contributed by atoms with Gasteiger partial charge in [-0.3, -0.25) is 0 Å². The molecule has 0 aliphatic heterocycles. The summed E-state index contributed by atoms with van der Waals surface area (Å²) in [5.41, 5.74) is 15.1. The Hall–Kier alpha value is -7.45. The van der Waals surface area contributed by atoms with Gasteiger partial charge in [0, 0.05) is 50.0 Å². The van der Waals surface area contributed by atoms with Crippen LogP contribution in [-0.2, 0) is 0 Å². The van der Waals surface area contributed by atoms with E-state index in [2.05, 4.69) is 280 Å². The van der Waals surface area contributed by atoms with Crippen LogP contribution in [0.25, 0.3) is 60.2 Å². The number of hydrogen-bond acceptors (Lipinski definition) is 2. The van der Waals surface area contributed by atoms with Gasteiger partial charge in [-0.2, -0.15) is 0 Å². The Labute approximate surface area is 409 Å². The van der Waals surface area contributed by atoms with E-state index in [0.717, 1.165) is 50.8 Å². The molecule has 338 valence electrons. The van der Waals surface area contributed by atoms with Crippen molar-refractivity contribution >= 4 is 104 Å². The summed E-state index contributed by atoms with van der Waals surface area (Å²) < 4.78 is 2.55. The highest BCUT2D eigenvalue weighted by atomic mass is 28.3. The molecular weight excluding hydrogens is 867 g/mol. The Morgan fingerprint density at radius 3 is 1.10 bits per heavy atom. The Morgan fingerprint density at radius 2 is 0.696 bits per heavy atom. The van der Waals surface area contributed by atoms with Crippen molar-refractivity contribution in [1.82, 2.24) is 4.57 Å². The summed E-state index contributed by atoms with van der Waals surface area (Å²) in [6, 6.07) is 79.8. The molecule has 0 amide bonds. The van der Waals surface area contributed by atoms with Crippen LogP contribution < -0.4 is 20.2 Å². The average Bonchev–Trinajstić information content (AvgIpc) is 3.70. The Kier molecular flexibility index (Phi) is 11.0. The predicted octanol–water partition coefficient (Wildman–Crippen LogP) is 17.4. The quantitative estimate of drug-likeness (QED) is 0.127. The molecule has 1 heterocycles. The molecule has 0 unspecified atom stereocenters. The van der Waals surface area contributed by atoms with Gasteiger partial charge in [0.05, 0.1) is 38.6 Å². The Morgan fingerprint density at radius 1 is 0.333 bits per heavy atom. The van der Waals surface area contributed by atoms with Gasteiger partial charge in [0.25, 0.3) is 0 Å². The van der Waals surface area contributed by atoms with Crippen molar-refractivity contribution in [3.63, 3.8) is 0 Å². The smallest absolute Gasteiger partial charge is 0.0775 e. The summed E-state index contributed by atoms with van der Waals surface area (Å²) in [6.45, 7) is 18.9. The summed E-state index contributed by atoms with van der Waals surface area (Å²) in [6.07, 6.45) is 0. The van der Waals surface area contributed by atoms with Crippen LogP contribution in [0, 0.1) is 13.8 Å². The third-order valence-corrected chi connectivity index (χ3v) is 18.1. The van der Waals surface area contributed by atoms with Crippen LogP contribution in [0.2, 0.25) is 39.3 Å². The molecule has 0 saturated heterocycles. The van der Waals surface area contributed by atoms with E-state index in [4.69, 9.17) is 0 Å². The van der Waals surface area contributed by atoms with Gasteiger partial charge in [-0.15, -0.1) is 0 Å². The van der Waals surface area contributed by atoms with Crippen molar-refractivity contribution < 1.29 is 0 Å². The minimum atomic E-state index is -1.55. The van der Waals surface area contributed by atoms with Crippen LogP contribution in [0.5, 0.6) is 0 Å². The number of anilines is 6. The Balaban J connectivity index is 1.28. The molecule has 10 aromatic carbocycles. The summed E-state index contributed by atoms with van der Waals surface area (Å²) in [5, 5.41) is 10.2. The molecule has 0 saturated carbocycles. The van der Waals surface area contributed by atoms with Gasteiger partial charge in [0.2, 0.25) is 0 Å². The number of nitrogens with zero attached hydrogens (tertiary/aromatic N) is 3. The lowest BCUT2D eigenvalue weighted by atomic mass is 9.96. The van der Waals surface area contributed by atoms with Crippen molar-refractivity contribution in [2.75, 3.05) is 9.80 Å². The van der Waals surface area contributed by atoms with Crippen LogP contribution in [0.4, 0.5) is 34.1 Å².